The minimum atomic E-state index is 0.842. The van der Waals surface area contributed by atoms with E-state index in [0.717, 1.165) is 18.8 Å². The van der Waals surface area contributed by atoms with Gasteiger partial charge in [0.1, 0.15) is 12.8 Å². The molecule has 2 rings (SSSR count). The van der Waals surface area contributed by atoms with Crippen molar-refractivity contribution in [3.8, 4) is 5.75 Å². The van der Waals surface area contributed by atoms with Gasteiger partial charge in [-0.1, -0.05) is 213 Å². The van der Waals surface area contributed by atoms with Gasteiger partial charge < -0.3 is 4.74 Å². The lowest BCUT2D eigenvalue weighted by molar-refractivity contribution is -0.644. The Morgan fingerprint density at radius 2 is 0.812 bits per heavy atom. The van der Waals surface area contributed by atoms with Crippen LogP contribution in [0.5, 0.6) is 5.75 Å². The van der Waals surface area contributed by atoms with Gasteiger partial charge in [-0.3, -0.25) is 0 Å². The highest BCUT2D eigenvalue weighted by Gasteiger charge is 2.14. The number of rotatable bonds is 35. The lowest BCUT2D eigenvalue weighted by Gasteiger charge is -2.12. The molecule has 1 aromatic heterocycles. The maximum Gasteiger partial charge on any atom is 0.216 e. The lowest BCUT2D eigenvalue weighted by atomic mass is 10.0. The number of unbranched alkanes of at least 4 members (excludes halogenated alkanes) is 30. The topological polar surface area (TPSA) is 13.1 Å². The summed E-state index contributed by atoms with van der Waals surface area (Å²) in [6.45, 7) is 5.45. The maximum atomic E-state index is 6.45. The molecule has 0 radical (unpaired) electrons. The molecule has 1 aromatic carbocycles. The summed E-state index contributed by atoms with van der Waals surface area (Å²) in [5, 5.41) is 1.35. The molecule has 2 heteroatoms. The SMILES string of the molecule is CCCCCCCCCCCCCCCCCCOc1cccc2c1c(CCCCCCCCCCCCCCCCCC)cc[n+]2C. The van der Waals surface area contributed by atoms with Crippen molar-refractivity contribution in [2.45, 2.75) is 226 Å². The minimum absolute atomic E-state index is 0.842. The highest BCUT2D eigenvalue weighted by molar-refractivity contribution is 5.86. The molecule has 0 atom stereocenters. The molecule has 0 amide bonds. The summed E-state index contributed by atoms with van der Waals surface area (Å²) in [4.78, 5) is 0. The van der Waals surface area contributed by atoms with Crippen LogP contribution in [0.1, 0.15) is 225 Å². The summed E-state index contributed by atoms with van der Waals surface area (Å²) in [5.41, 5.74) is 2.77. The van der Waals surface area contributed by atoms with Gasteiger partial charge in [-0.2, -0.15) is 0 Å². The summed E-state index contributed by atoms with van der Waals surface area (Å²) >= 11 is 0. The highest BCUT2D eigenvalue weighted by atomic mass is 16.5. The van der Waals surface area contributed by atoms with E-state index < -0.39 is 0 Å². The minimum Gasteiger partial charge on any atom is -0.493 e. The highest BCUT2D eigenvalue weighted by Crippen LogP contribution is 2.29. The number of nitrogens with zero attached hydrogens (tertiary/aromatic N) is 1. The van der Waals surface area contributed by atoms with Gasteiger partial charge in [0.25, 0.3) is 0 Å². The van der Waals surface area contributed by atoms with E-state index in [1.807, 2.05) is 0 Å². The zero-order valence-corrected chi connectivity index (χ0v) is 32.8. The predicted octanol–water partition coefficient (Wildman–Crippen LogP) is 15.1. The zero-order chi connectivity index (χ0) is 34.2. The Labute approximate surface area is 300 Å². The van der Waals surface area contributed by atoms with Gasteiger partial charge in [0, 0.05) is 12.1 Å². The summed E-state index contributed by atoms with van der Waals surface area (Å²) in [6, 6.07) is 8.97. The van der Waals surface area contributed by atoms with Crippen LogP contribution >= 0.6 is 0 Å². The third-order valence-electron chi connectivity index (χ3n) is 10.8. The van der Waals surface area contributed by atoms with Crippen molar-refractivity contribution in [3.63, 3.8) is 0 Å². The van der Waals surface area contributed by atoms with Crippen LogP contribution < -0.4 is 9.30 Å². The van der Waals surface area contributed by atoms with Gasteiger partial charge in [-0.05, 0) is 30.9 Å². The molecule has 0 unspecified atom stereocenters. The Morgan fingerprint density at radius 3 is 1.23 bits per heavy atom. The molecule has 2 nitrogen and oxygen atoms in total. The quantitative estimate of drug-likeness (QED) is 0.0528. The average Bonchev–Trinajstić information content (AvgIpc) is 3.10. The summed E-state index contributed by atoms with van der Waals surface area (Å²) in [7, 11) is 2.17. The lowest BCUT2D eigenvalue weighted by Crippen LogP contribution is -2.28. The van der Waals surface area contributed by atoms with Gasteiger partial charge in [0.15, 0.2) is 6.20 Å². The standard InChI is InChI=1S/C46H82NO/c1-4-6-8-10-12-14-16-18-20-22-24-26-28-30-32-34-37-43-40-41-47(3)44-38-36-39-45(46(43)44)48-42-35-33-31-29-27-25-23-21-19-17-15-13-11-9-7-5-2/h36,38-41H,4-35,37,42H2,1-3H3/q+1. The first-order valence-electron chi connectivity index (χ1n) is 21.8. The largest absolute Gasteiger partial charge is 0.493 e. The van der Waals surface area contributed by atoms with Gasteiger partial charge in [0.2, 0.25) is 5.52 Å². The maximum absolute atomic E-state index is 6.45. The van der Waals surface area contributed by atoms with E-state index in [-0.39, 0.29) is 0 Å². The molecule has 0 aliphatic rings. The predicted molar refractivity (Wildman–Crippen MR) is 213 cm³/mol. The van der Waals surface area contributed by atoms with E-state index in [9.17, 15) is 0 Å². The van der Waals surface area contributed by atoms with Crippen LogP contribution in [0.4, 0.5) is 0 Å². The number of pyridine rings is 1. The van der Waals surface area contributed by atoms with Crippen molar-refractivity contribution in [2.24, 2.45) is 7.05 Å². The molecule has 0 fully saturated rings. The van der Waals surface area contributed by atoms with Crippen molar-refractivity contribution in [3.05, 3.63) is 36.0 Å². The average molecular weight is 665 g/mol. The second kappa shape index (κ2) is 31.4. The number of fused-ring (bicyclic) bond motifs is 1. The van der Waals surface area contributed by atoms with Crippen LogP contribution in [0.3, 0.4) is 0 Å². The Bertz CT molecular complexity index is 983. The van der Waals surface area contributed by atoms with Crippen molar-refractivity contribution in [2.75, 3.05) is 6.61 Å². The monoisotopic (exact) mass is 665 g/mol. The molecule has 0 saturated heterocycles. The molecular formula is C46H82NO+. The third-order valence-corrected chi connectivity index (χ3v) is 10.8. The third kappa shape index (κ3) is 21.5. The molecule has 0 bridgehead atoms. The molecule has 0 aliphatic heterocycles. The van der Waals surface area contributed by atoms with Crippen molar-refractivity contribution in [1.29, 1.82) is 0 Å². The second-order valence-electron chi connectivity index (χ2n) is 15.3. The summed E-state index contributed by atoms with van der Waals surface area (Å²) < 4.78 is 8.71. The van der Waals surface area contributed by atoms with Crippen LogP contribution in [0.2, 0.25) is 0 Å². The fraction of sp³-hybridized carbons (Fsp3) is 0.804. The van der Waals surface area contributed by atoms with Crippen LogP contribution in [-0.2, 0) is 13.5 Å². The molecule has 1 heterocycles. The molecule has 276 valence electrons. The molecule has 0 spiro atoms. The van der Waals surface area contributed by atoms with E-state index in [4.69, 9.17) is 4.74 Å². The molecular weight excluding hydrogens is 583 g/mol. The number of benzene rings is 1. The first-order valence-corrected chi connectivity index (χ1v) is 21.8. The number of aryl methyl sites for hydroxylation is 2. The molecule has 0 aliphatic carbocycles. The molecule has 2 aromatic rings. The van der Waals surface area contributed by atoms with Gasteiger partial charge in [-0.25, -0.2) is 4.57 Å². The van der Waals surface area contributed by atoms with Crippen molar-refractivity contribution < 1.29 is 9.30 Å². The van der Waals surface area contributed by atoms with Crippen LogP contribution in [0.25, 0.3) is 10.9 Å². The van der Waals surface area contributed by atoms with E-state index in [0.29, 0.717) is 0 Å². The first-order chi connectivity index (χ1) is 23.8. The molecule has 0 N–H and O–H groups in total. The van der Waals surface area contributed by atoms with Crippen LogP contribution in [0.15, 0.2) is 30.5 Å². The normalized spacial score (nSPS) is 11.6. The van der Waals surface area contributed by atoms with Crippen LogP contribution in [0, 0.1) is 0 Å². The Hall–Kier alpha value is -1.57. The number of aromatic nitrogens is 1. The second-order valence-corrected chi connectivity index (χ2v) is 15.3. The summed E-state index contributed by atoms with van der Waals surface area (Å²) in [5.74, 6) is 1.09. The Balaban J connectivity index is 1.51. The molecule has 48 heavy (non-hydrogen) atoms. The van der Waals surface area contributed by atoms with Gasteiger partial charge >= 0.3 is 0 Å². The van der Waals surface area contributed by atoms with E-state index in [2.05, 4.69) is 55.9 Å². The van der Waals surface area contributed by atoms with Crippen molar-refractivity contribution >= 4 is 10.9 Å². The Morgan fingerprint density at radius 1 is 0.438 bits per heavy atom. The fourth-order valence-corrected chi connectivity index (χ4v) is 7.53. The smallest absolute Gasteiger partial charge is 0.216 e. The Kier molecular flexibility index (Phi) is 27.9. The van der Waals surface area contributed by atoms with Gasteiger partial charge in [-0.15, -0.1) is 0 Å². The summed E-state index contributed by atoms with van der Waals surface area (Å²) in [6.07, 6.45) is 48.7. The van der Waals surface area contributed by atoms with Gasteiger partial charge in [0.05, 0.1) is 12.0 Å². The molecule has 0 saturated carbocycles. The van der Waals surface area contributed by atoms with E-state index in [1.54, 1.807) is 0 Å². The van der Waals surface area contributed by atoms with Crippen LogP contribution in [-0.4, -0.2) is 6.61 Å². The number of ether oxygens (including phenoxy) is 1. The fourth-order valence-electron chi connectivity index (χ4n) is 7.53. The van der Waals surface area contributed by atoms with E-state index in [1.165, 1.54) is 222 Å². The zero-order valence-electron chi connectivity index (χ0n) is 32.8. The first kappa shape index (κ1) is 42.6. The number of hydrogen-bond acceptors (Lipinski definition) is 1. The van der Waals surface area contributed by atoms with E-state index >= 15 is 0 Å². The van der Waals surface area contributed by atoms with Crippen molar-refractivity contribution in [1.82, 2.24) is 0 Å². The number of hydrogen-bond donors (Lipinski definition) is 0.